The summed E-state index contributed by atoms with van der Waals surface area (Å²) in [6, 6.07) is 7.40. The third kappa shape index (κ3) is 6.65. The summed E-state index contributed by atoms with van der Waals surface area (Å²) in [7, 11) is 0. The summed E-state index contributed by atoms with van der Waals surface area (Å²) in [6.07, 6.45) is 7.35. The second-order valence-corrected chi connectivity index (χ2v) is 7.76. The van der Waals surface area contributed by atoms with Gasteiger partial charge in [0.05, 0.1) is 6.20 Å². The number of hydrogen-bond acceptors (Lipinski definition) is 7. The van der Waals surface area contributed by atoms with E-state index in [1.807, 2.05) is 18.4 Å². The highest BCUT2D eigenvalue weighted by atomic mass is 32.2. The summed E-state index contributed by atoms with van der Waals surface area (Å²) < 4.78 is 0. The number of thioether (sulfide) groups is 1. The van der Waals surface area contributed by atoms with Gasteiger partial charge in [0.2, 0.25) is 0 Å². The van der Waals surface area contributed by atoms with Crippen LogP contribution >= 0.6 is 23.1 Å². The van der Waals surface area contributed by atoms with Crippen LogP contribution in [0.1, 0.15) is 47.8 Å². The van der Waals surface area contributed by atoms with Gasteiger partial charge in [-0.3, -0.25) is 10.1 Å². The molecule has 7 nitrogen and oxygen atoms in total. The number of unbranched alkanes of at least 4 members (excludes halogenated alkanes) is 3. The van der Waals surface area contributed by atoms with E-state index in [0.29, 0.717) is 12.2 Å². The average molecular weight is 422 g/mol. The number of nitrogens with one attached hydrogen (secondary N) is 1. The summed E-state index contributed by atoms with van der Waals surface area (Å²) in [6.45, 7) is 2.56. The molecule has 0 bridgehead atoms. The van der Waals surface area contributed by atoms with Crippen molar-refractivity contribution in [3.05, 3.63) is 40.9 Å². The van der Waals surface area contributed by atoms with Crippen molar-refractivity contribution in [2.75, 3.05) is 18.2 Å². The van der Waals surface area contributed by atoms with Gasteiger partial charge in [0.1, 0.15) is 11.5 Å². The first-order valence-corrected chi connectivity index (χ1v) is 10.9. The lowest BCUT2D eigenvalue weighted by Crippen LogP contribution is -2.24. The molecule has 0 atom stereocenters. The smallest absolute Gasteiger partial charge is 0.347 e. The maximum atomic E-state index is 12.7. The standard InChI is InChI=1S/C19H23N3O4S2/c1-3-4-5-6-11-26-22-16(13-7-9-14(27-2)10-8-13)17(23)21-19-20-12-15(28-19)18(24)25/h7-10,12H,3-6,11H2,1-2H3,(H,24,25)(H,20,21,23)/b22-16+. The lowest BCUT2D eigenvalue weighted by Gasteiger charge is -2.08. The van der Waals surface area contributed by atoms with Crippen LogP contribution in [0.4, 0.5) is 5.13 Å². The Labute approximate surface area is 172 Å². The molecule has 1 aromatic heterocycles. The fraction of sp³-hybridized carbons (Fsp3) is 0.368. The number of carboxylic acid groups (broad SMARTS) is 1. The fourth-order valence-electron chi connectivity index (χ4n) is 2.26. The van der Waals surface area contributed by atoms with Gasteiger partial charge in [-0.25, -0.2) is 9.78 Å². The third-order valence-electron chi connectivity index (χ3n) is 3.76. The molecule has 1 heterocycles. The molecule has 150 valence electrons. The fourth-order valence-corrected chi connectivity index (χ4v) is 3.32. The maximum absolute atomic E-state index is 12.7. The summed E-state index contributed by atoms with van der Waals surface area (Å²) in [5.41, 5.74) is 0.731. The van der Waals surface area contributed by atoms with E-state index in [4.69, 9.17) is 9.94 Å². The predicted octanol–water partition coefficient (Wildman–Crippen LogP) is 4.50. The topological polar surface area (TPSA) is 101 Å². The van der Waals surface area contributed by atoms with Crippen molar-refractivity contribution >= 4 is 45.8 Å². The number of aromatic carboxylic acids is 1. The number of oxime groups is 1. The molecule has 0 fully saturated rings. The molecule has 9 heteroatoms. The minimum atomic E-state index is -1.09. The van der Waals surface area contributed by atoms with Crippen molar-refractivity contribution in [1.29, 1.82) is 0 Å². The molecule has 28 heavy (non-hydrogen) atoms. The van der Waals surface area contributed by atoms with E-state index < -0.39 is 11.9 Å². The zero-order valence-corrected chi connectivity index (χ0v) is 17.4. The van der Waals surface area contributed by atoms with Gasteiger partial charge in [0.25, 0.3) is 5.91 Å². The number of rotatable bonds is 11. The normalized spacial score (nSPS) is 11.3. The number of anilines is 1. The highest BCUT2D eigenvalue weighted by Crippen LogP contribution is 2.19. The van der Waals surface area contributed by atoms with E-state index in [2.05, 4.69) is 22.4 Å². The molecule has 2 rings (SSSR count). The van der Waals surface area contributed by atoms with Gasteiger partial charge >= 0.3 is 5.97 Å². The first-order valence-electron chi connectivity index (χ1n) is 8.90. The molecule has 0 saturated heterocycles. The van der Waals surface area contributed by atoms with Crippen LogP contribution in [0.5, 0.6) is 0 Å². The maximum Gasteiger partial charge on any atom is 0.347 e. The number of carbonyl (C=O) groups is 2. The summed E-state index contributed by atoms with van der Waals surface area (Å²) in [4.78, 5) is 34.1. The Morgan fingerprint density at radius 3 is 2.61 bits per heavy atom. The molecule has 0 aliphatic heterocycles. The quantitative estimate of drug-likeness (QED) is 0.240. The summed E-state index contributed by atoms with van der Waals surface area (Å²) in [5.74, 6) is -1.59. The number of thiazole rings is 1. The lowest BCUT2D eigenvalue weighted by atomic mass is 10.1. The number of carboxylic acids is 1. The van der Waals surface area contributed by atoms with Gasteiger partial charge in [0, 0.05) is 10.5 Å². The molecule has 0 spiro atoms. The van der Waals surface area contributed by atoms with E-state index >= 15 is 0 Å². The Balaban J connectivity index is 2.12. The molecular formula is C19H23N3O4S2. The minimum absolute atomic E-state index is 0.0466. The van der Waals surface area contributed by atoms with Crippen molar-refractivity contribution in [3.8, 4) is 0 Å². The van der Waals surface area contributed by atoms with Gasteiger partial charge in [-0.2, -0.15) is 0 Å². The van der Waals surface area contributed by atoms with Crippen molar-refractivity contribution < 1.29 is 19.5 Å². The molecule has 0 saturated carbocycles. The Morgan fingerprint density at radius 1 is 1.25 bits per heavy atom. The Bertz CT molecular complexity index is 819. The number of nitrogens with zero attached hydrogens (tertiary/aromatic N) is 2. The van der Waals surface area contributed by atoms with Gasteiger partial charge < -0.3 is 9.94 Å². The van der Waals surface area contributed by atoms with E-state index in [0.717, 1.165) is 41.9 Å². The van der Waals surface area contributed by atoms with Gasteiger partial charge in [-0.05, 0) is 31.2 Å². The Hall–Kier alpha value is -2.39. The number of amides is 1. The SMILES string of the molecule is CCCCCCO/N=C(/C(=O)Nc1ncc(C(=O)O)s1)c1ccc(SC)cc1. The number of hydrogen-bond donors (Lipinski definition) is 2. The van der Waals surface area contributed by atoms with Gasteiger partial charge in [0.15, 0.2) is 10.8 Å². The molecular weight excluding hydrogens is 398 g/mol. The minimum Gasteiger partial charge on any atom is -0.477 e. The molecule has 2 N–H and O–H groups in total. The van der Waals surface area contributed by atoms with E-state index in [1.54, 1.807) is 23.9 Å². The second-order valence-electron chi connectivity index (χ2n) is 5.85. The Morgan fingerprint density at radius 2 is 2.00 bits per heavy atom. The van der Waals surface area contributed by atoms with Crippen LogP contribution < -0.4 is 5.32 Å². The third-order valence-corrected chi connectivity index (χ3v) is 5.40. The van der Waals surface area contributed by atoms with Gasteiger partial charge in [-0.15, -0.1) is 11.8 Å². The first-order chi connectivity index (χ1) is 13.5. The summed E-state index contributed by atoms with van der Waals surface area (Å²) in [5, 5.41) is 15.8. The first kappa shape index (κ1) is 21.9. The highest BCUT2D eigenvalue weighted by molar-refractivity contribution is 7.98. The number of carbonyl (C=O) groups excluding carboxylic acids is 1. The van der Waals surface area contributed by atoms with Crippen LogP contribution in [-0.2, 0) is 9.63 Å². The lowest BCUT2D eigenvalue weighted by molar-refractivity contribution is -0.110. The van der Waals surface area contributed by atoms with Crippen LogP contribution in [0.2, 0.25) is 0 Å². The zero-order chi connectivity index (χ0) is 20.4. The van der Waals surface area contributed by atoms with Crippen molar-refractivity contribution in [2.24, 2.45) is 5.16 Å². The van der Waals surface area contributed by atoms with Crippen molar-refractivity contribution in [2.45, 2.75) is 37.5 Å². The number of benzene rings is 1. The zero-order valence-electron chi connectivity index (χ0n) is 15.8. The van der Waals surface area contributed by atoms with Crippen LogP contribution in [0, 0.1) is 0 Å². The molecule has 0 radical (unpaired) electrons. The van der Waals surface area contributed by atoms with Gasteiger partial charge in [-0.1, -0.05) is 48.4 Å². The van der Waals surface area contributed by atoms with E-state index in [-0.39, 0.29) is 15.7 Å². The molecule has 0 unspecified atom stereocenters. The summed E-state index contributed by atoms with van der Waals surface area (Å²) >= 11 is 2.48. The largest absolute Gasteiger partial charge is 0.477 e. The van der Waals surface area contributed by atoms with Crippen LogP contribution in [0.3, 0.4) is 0 Å². The second kappa shape index (κ2) is 11.5. The molecule has 2 aromatic rings. The van der Waals surface area contributed by atoms with Crippen LogP contribution in [0.25, 0.3) is 0 Å². The highest BCUT2D eigenvalue weighted by Gasteiger charge is 2.18. The van der Waals surface area contributed by atoms with E-state index in [9.17, 15) is 9.59 Å². The molecule has 1 aromatic carbocycles. The Kier molecular flexibility index (Phi) is 8.96. The number of aromatic nitrogens is 1. The van der Waals surface area contributed by atoms with Crippen molar-refractivity contribution in [1.82, 2.24) is 4.98 Å². The predicted molar refractivity (Wildman–Crippen MR) is 113 cm³/mol. The van der Waals surface area contributed by atoms with Crippen LogP contribution in [-0.4, -0.2) is 40.5 Å². The van der Waals surface area contributed by atoms with Crippen LogP contribution in [0.15, 0.2) is 40.5 Å². The average Bonchev–Trinajstić information content (AvgIpc) is 3.16. The molecule has 0 aliphatic carbocycles. The molecule has 1 amide bonds. The van der Waals surface area contributed by atoms with E-state index in [1.165, 1.54) is 6.20 Å². The van der Waals surface area contributed by atoms with Crippen molar-refractivity contribution in [3.63, 3.8) is 0 Å². The monoisotopic (exact) mass is 421 g/mol. The molecule has 0 aliphatic rings.